The van der Waals surface area contributed by atoms with Crippen molar-refractivity contribution in [2.24, 2.45) is 0 Å². The SMILES string of the molecule is Cc1cc(NC(=O)c2ccc3[nH]c(=O)[nH]c3c2)ccc1Br. The largest absolute Gasteiger partial charge is 0.323 e. The van der Waals surface area contributed by atoms with Crippen molar-refractivity contribution in [3.05, 3.63) is 62.5 Å². The first-order chi connectivity index (χ1) is 10.0. The van der Waals surface area contributed by atoms with Crippen molar-refractivity contribution in [3.8, 4) is 0 Å². The minimum absolute atomic E-state index is 0.222. The molecule has 0 fully saturated rings. The summed E-state index contributed by atoms with van der Waals surface area (Å²) >= 11 is 3.42. The third kappa shape index (κ3) is 2.75. The number of amides is 1. The molecule has 5 nitrogen and oxygen atoms in total. The summed E-state index contributed by atoms with van der Waals surface area (Å²) in [5.74, 6) is -0.222. The number of benzene rings is 2. The van der Waals surface area contributed by atoms with E-state index >= 15 is 0 Å². The van der Waals surface area contributed by atoms with Gasteiger partial charge in [0.05, 0.1) is 11.0 Å². The molecule has 0 unspecified atom stereocenters. The van der Waals surface area contributed by atoms with Gasteiger partial charge in [-0.15, -0.1) is 0 Å². The number of aromatic nitrogens is 2. The van der Waals surface area contributed by atoms with Crippen LogP contribution in [0.2, 0.25) is 0 Å². The molecule has 3 rings (SSSR count). The van der Waals surface area contributed by atoms with E-state index in [9.17, 15) is 9.59 Å². The van der Waals surface area contributed by atoms with Gasteiger partial charge in [0.25, 0.3) is 5.91 Å². The molecular weight excluding hydrogens is 334 g/mol. The molecule has 0 aliphatic carbocycles. The molecule has 1 amide bonds. The molecule has 0 aliphatic heterocycles. The molecule has 0 spiro atoms. The standard InChI is InChI=1S/C15H12BrN3O2/c1-8-6-10(3-4-11(8)16)17-14(20)9-2-5-12-13(7-9)19-15(21)18-12/h2-7H,1H3,(H,17,20)(H2,18,19,21). The first-order valence-corrected chi connectivity index (χ1v) is 7.12. The van der Waals surface area contributed by atoms with Crippen molar-refractivity contribution in [2.75, 3.05) is 5.32 Å². The van der Waals surface area contributed by atoms with Gasteiger partial charge in [-0.25, -0.2) is 4.79 Å². The van der Waals surface area contributed by atoms with Crippen molar-refractivity contribution in [1.82, 2.24) is 9.97 Å². The number of hydrogen-bond acceptors (Lipinski definition) is 2. The second-order valence-corrected chi connectivity index (χ2v) is 5.61. The van der Waals surface area contributed by atoms with E-state index in [-0.39, 0.29) is 11.6 Å². The van der Waals surface area contributed by atoms with E-state index in [1.165, 1.54) is 0 Å². The van der Waals surface area contributed by atoms with Gasteiger partial charge in [-0.2, -0.15) is 0 Å². The summed E-state index contributed by atoms with van der Waals surface area (Å²) in [6.45, 7) is 1.95. The fraction of sp³-hybridized carbons (Fsp3) is 0.0667. The van der Waals surface area contributed by atoms with Gasteiger partial charge in [0.15, 0.2) is 0 Å². The van der Waals surface area contributed by atoms with E-state index in [4.69, 9.17) is 0 Å². The van der Waals surface area contributed by atoms with Crippen LogP contribution in [0.25, 0.3) is 11.0 Å². The lowest BCUT2D eigenvalue weighted by molar-refractivity contribution is 0.102. The first-order valence-electron chi connectivity index (χ1n) is 6.32. The van der Waals surface area contributed by atoms with Crippen LogP contribution >= 0.6 is 15.9 Å². The molecule has 0 bridgehead atoms. The Morgan fingerprint density at radius 2 is 1.86 bits per heavy atom. The number of rotatable bonds is 2. The molecule has 0 atom stereocenters. The number of fused-ring (bicyclic) bond motifs is 1. The Morgan fingerprint density at radius 3 is 2.62 bits per heavy atom. The van der Waals surface area contributed by atoms with E-state index in [1.807, 2.05) is 25.1 Å². The van der Waals surface area contributed by atoms with Gasteiger partial charge in [-0.1, -0.05) is 15.9 Å². The third-order valence-electron chi connectivity index (χ3n) is 3.19. The molecule has 2 aromatic carbocycles. The van der Waals surface area contributed by atoms with Crippen LogP contribution in [-0.4, -0.2) is 15.9 Å². The molecule has 1 aromatic heterocycles. The zero-order valence-electron chi connectivity index (χ0n) is 11.2. The van der Waals surface area contributed by atoms with Crippen LogP contribution in [0.3, 0.4) is 0 Å². The summed E-state index contributed by atoms with van der Waals surface area (Å²) < 4.78 is 0.992. The van der Waals surface area contributed by atoms with Crippen LogP contribution in [0.15, 0.2) is 45.7 Å². The van der Waals surface area contributed by atoms with Gasteiger partial charge in [0, 0.05) is 15.7 Å². The molecule has 3 aromatic rings. The maximum Gasteiger partial charge on any atom is 0.323 e. The summed E-state index contributed by atoms with van der Waals surface area (Å²) in [5.41, 5.74) is 3.25. The third-order valence-corrected chi connectivity index (χ3v) is 4.08. The number of carbonyl (C=O) groups is 1. The number of aromatic amines is 2. The van der Waals surface area contributed by atoms with Crippen LogP contribution in [0.4, 0.5) is 5.69 Å². The Labute approximate surface area is 128 Å². The lowest BCUT2D eigenvalue weighted by Crippen LogP contribution is -2.11. The summed E-state index contributed by atoms with van der Waals surface area (Å²) in [6.07, 6.45) is 0. The molecule has 0 saturated carbocycles. The van der Waals surface area contributed by atoms with Crippen molar-refractivity contribution in [3.63, 3.8) is 0 Å². The fourth-order valence-electron chi connectivity index (χ4n) is 2.10. The van der Waals surface area contributed by atoms with Crippen LogP contribution in [-0.2, 0) is 0 Å². The second kappa shape index (κ2) is 5.21. The van der Waals surface area contributed by atoms with E-state index in [0.717, 1.165) is 15.7 Å². The summed E-state index contributed by atoms with van der Waals surface area (Å²) in [6, 6.07) is 10.6. The average Bonchev–Trinajstić information content (AvgIpc) is 2.82. The highest BCUT2D eigenvalue weighted by atomic mass is 79.9. The Morgan fingerprint density at radius 1 is 1.10 bits per heavy atom. The lowest BCUT2D eigenvalue weighted by atomic mass is 10.1. The van der Waals surface area contributed by atoms with Crippen LogP contribution in [0.5, 0.6) is 0 Å². The number of imidazole rings is 1. The molecule has 6 heteroatoms. The highest BCUT2D eigenvalue weighted by Gasteiger charge is 2.09. The number of H-pyrrole nitrogens is 2. The Balaban J connectivity index is 1.89. The highest BCUT2D eigenvalue weighted by Crippen LogP contribution is 2.20. The summed E-state index contributed by atoms with van der Waals surface area (Å²) in [5, 5.41) is 2.84. The summed E-state index contributed by atoms with van der Waals surface area (Å²) in [7, 11) is 0. The van der Waals surface area contributed by atoms with E-state index in [1.54, 1.807) is 18.2 Å². The number of nitrogens with one attached hydrogen (secondary N) is 3. The maximum absolute atomic E-state index is 12.2. The molecule has 0 radical (unpaired) electrons. The van der Waals surface area contributed by atoms with Crippen LogP contribution < -0.4 is 11.0 Å². The van der Waals surface area contributed by atoms with Gasteiger partial charge in [-0.05, 0) is 48.9 Å². The average molecular weight is 346 g/mol. The van der Waals surface area contributed by atoms with Crippen molar-refractivity contribution in [2.45, 2.75) is 6.92 Å². The lowest BCUT2D eigenvalue weighted by Gasteiger charge is -2.07. The predicted molar refractivity (Wildman–Crippen MR) is 85.8 cm³/mol. The number of aryl methyl sites for hydroxylation is 1. The number of halogens is 1. The van der Waals surface area contributed by atoms with Crippen molar-refractivity contribution in [1.29, 1.82) is 0 Å². The Bertz CT molecular complexity index is 895. The Hall–Kier alpha value is -2.34. The van der Waals surface area contributed by atoms with E-state index in [2.05, 4.69) is 31.2 Å². The molecule has 1 heterocycles. The smallest absolute Gasteiger partial charge is 0.322 e. The van der Waals surface area contributed by atoms with Gasteiger partial charge in [0.1, 0.15) is 0 Å². The minimum atomic E-state index is -0.286. The number of anilines is 1. The number of carbonyl (C=O) groups excluding carboxylic acids is 1. The molecular formula is C15H12BrN3O2. The molecule has 0 aliphatic rings. The topological polar surface area (TPSA) is 77.8 Å². The molecule has 0 saturated heterocycles. The molecule has 106 valence electrons. The number of hydrogen-bond donors (Lipinski definition) is 3. The first kappa shape index (κ1) is 13.6. The normalized spacial score (nSPS) is 10.8. The van der Waals surface area contributed by atoms with Crippen LogP contribution in [0, 0.1) is 6.92 Å². The van der Waals surface area contributed by atoms with E-state index in [0.29, 0.717) is 16.6 Å². The van der Waals surface area contributed by atoms with Gasteiger partial charge < -0.3 is 15.3 Å². The monoisotopic (exact) mass is 345 g/mol. The molecule has 21 heavy (non-hydrogen) atoms. The minimum Gasteiger partial charge on any atom is -0.322 e. The Kier molecular flexibility index (Phi) is 3.39. The van der Waals surface area contributed by atoms with Crippen LogP contribution in [0.1, 0.15) is 15.9 Å². The highest BCUT2D eigenvalue weighted by molar-refractivity contribution is 9.10. The van der Waals surface area contributed by atoms with Crippen molar-refractivity contribution >= 4 is 38.6 Å². The maximum atomic E-state index is 12.2. The quantitative estimate of drug-likeness (QED) is 0.666. The van der Waals surface area contributed by atoms with Gasteiger partial charge in [0.2, 0.25) is 0 Å². The van der Waals surface area contributed by atoms with Gasteiger partial charge in [-0.3, -0.25) is 4.79 Å². The van der Waals surface area contributed by atoms with Crippen molar-refractivity contribution < 1.29 is 4.79 Å². The summed E-state index contributed by atoms with van der Waals surface area (Å²) in [4.78, 5) is 28.7. The zero-order valence-corrected chi connectivity index (χ0v) is 12.7. The zero-order chi connectivity index (χ0) is 15.0. The molecule has 3 N–H and O–H groups in total. The van der Waals surface area contributed by atoms with Gasteiger partial charge >= 0.3 is 5.69 Å². The predicted octanol–water partition coefficient (Wildman–Crippen LogP) is 3.18. The van der Waals surface area contributed by atoms with E-state index < -0.39 is 0 Å². The second-order valence-electron chi connectivity index (χ2n) is 4.76. The fourth-order valence-corrected chi connectivity index (χ4v) is 2.35.